The zero-order valence-electron chi connectivity index (χ0n) is 14.3. The van der Waals surface area contributed by atoms with Gasteiger partial charge in [-0.05, 0) is 36.3 Å². The molecule has 2 amide bonds. The monoisotopic (exact) mass is 335 g/mol. The normalized spacial score (nSPS) is 11.0. The molecule has 0 unspecified atom stereocenters. The fraction of sp³-hybridized carbons (Fsp3) is 0.471. The van der Waals surface area contributed by atoms with Gasteiger partial charge < -0.3 is 16.0 Å². The van der Waals surface area contributed by atoms with Gasteiger partial charge in [-0.15, -0.1) is 0 Å². The Balaban J connectivity index is 2.65. The zero-order chi connectivity index (χ0) is 17.6. The average molecular weight is 335 g/mol. The first-order chi connectivity index (χ1) is 10.6. The molecule has 0 aromatic heterocycles. The summed E-state index contributed by atoms with van der Waals surface area (Å²) in [6.07, 6.45) is 0.420. The van der Waals surface area contributed by atoms with E-state index < -0.39 is 5.41 Å². The Bertz CT molecular complexity index is 592. The molecule has 3 N–H and O–H groups in total. The molecule has 1 rings (SSSR count). The third kappa shape index (κ3) is 7.23. The minimum atomic E-state index is -0.469. The van der Waals surface area contributed by atoms with Gasteiger partial charge in [-0.3, -0.25) is 9.59 Å². The highest BCUT2D eigenvalue weighted by Crippen LogP contribution is 2.20. The Morgan fingerprint density at radius 1 is 1.13 bits per heavy atom. The van der Waals surface area contributed by atoms with Crippen LogP contribution in [0.15, 0.2) is 24.3 Å². The van der Waals surface area contributed by atoms with E-state index in [9.17, 15) is 9.59 Å². The zero-order valence-corrected chi connectivity index (χ0v) is 15.1. The van der Waals surface area contributed by atoms with Crippen molar-refractivity contribution in [1.29, 1.82) is 0 Å². The molecule has 0 aliphatic heterocycles. The van der Waals surface area contributed by atoms with E-state index in [2.05, 4.69) is 16.0 Å². The molecule has 0 bridgehead atoms. The van der Waals surface area contributed by atoms with E-state index in [1.54, 1.807) is 18.2 Å². The Kier molecular flexibility index (Phi) is 6.69. The quantitative estimate of drug-likeness (QED) is 0.736. The number of thiocarbonyl (C=S) groups is 1. The number of amides is 2. The summed E-state index contributed by atoms with van der Waals surface area (Å²) in [5.41, 5.74) is 0.904. The Morgan fingerprint density at radius 3 is 2.22 bits per heavy atom. The lowest BCUT2D eigenvalue weighted by molar-refractivity contribution is -0.123. The third-order valence-corrected chi connectivity index (χ3v) is 3.11. The number of anilines is 2. The summed E-state index contributed by atoms with van der Waals surface area (Å²) in [6, 6.07) is 7.19. The van der Waals surface area contributed by atoms with E-state index in [1.165, 1.54) is 0 Å². The highest BCUT2D eigenvalue weighted by Gasteiger charge is 2.21. The van der Waals surface area contributed by atoms with Gasteiger partial charge in [-0.1, -0.05) is 40.7 Å². The van der Waals surface area contributed by atoms with Crippen LogP contribution in [0.4, 0.5) is 11.4 Å². The molecule has 5 nitrogen and oxygen atoms in total. The van der Waals surface area contributed by atoms with Crippen LogP contribution in [0.1, 0.15) is 41.0 Å². The van der Waals surface area contributed by atoms with E-state index >= 15 is 0 Å². The van der Waals surface area contributed by atoms with Crippen molar-refractivity contribution < 1.29 is 9.59 Å². The Hall–Kier alpha value is -1.95. The average Bonchev–Trinajstić information content (AvgIpc) is 2.36. The summed E-state index contributed by atoms with van der Waals surface area (Å²) < 4.78 is 0. The molecule has 6 heteroatoms. The van der Waals surface area contributed by atoms with Crippen LogP contribution in [-0.2, 0) is 9.59 Å². The van der Waals surface area contributed by atoms with Gasteiger partial charge in [0.15, 0.2) is 5.11 Å². The fourth-order valence-electron chi connectivity index (χ4n) is 1.70. The van der Waals surface area contributed by atoms with E-state index in [0.29, 0.717) is 17.8 Å². The molecule has 0 spiro atoms. The van der Waals surface area contributed by atoms with E-state index in [-0.39, 0.29) is 22.8 Å². The van der Waals surface area contributed by atoms with Crippen molar-refractivity contribution in [2.75, 3.05) is 10.6 Å². The molecule has 1 aromatic carbocycles. The van der Waals surface area contributed by atoms with Gasteiger partial charge in [-0.25, -0.2) is 0 Å². The molecule has 0 fully saturated rings. The number of rotatable bonds is 4. The lowest BCUT2D eigenvalue weighted by atomic mass is 9.95. The summed E-state index contributed by atoms with van der Waals surface area (Å²) in [7, 11) is 0. The molecular formula is C17H25N3O2S. The lowest BCUT2D eigenvalue weighted by Crippen LogP contribution is -2.34. The molecule has 23 heavy (non-hydrogen) atoms. The molecule has 0 heterocycles. The second-order valence-electron chi connectivity index (χ2n) is 6.89. The molecule has 0 saturated carbocycles. The van der Waals surface area contributed by atoms with Crippen LogP contribution in [0.5, 0.6) is 0 Å². The topological polar surface area (TPSA) is 70.2 Å². The van der Waals surface area contributed by atoms with Crippen LogP contribution in [0, 0.1) is 11.3 Å². The first-order valence-electron chi connectivity index (χ1n) is 7.60. The third-order valence-electron chi connectivity index (χ3n) is 2.91. The standard InChI is InChI=1S/C17H25N3O2S/c1-11(2)9-14(21)20-16(23)19-13-8-6-7-12(10-13)18-15(22)17(3,4)5/h6-8,10-11H,9H2,1-5H3,(H,18,22)(H2,19,20,21,23). The van der Waals surface area contributed by atoms with Gasteiger partial charge in [0.25, 0.3) is 0 Å². The number of nitrogens with one attached hydrogen (secondary N) is 3. The lowest BCUT2D eigenvalue weighted by Gasteiger charge is -2.18. The summed E-state index contributed by atoms with van der Waals surface area (Å²) >= 11 is 5.13. The van der Waals surface area contributed by atoms with Gasteiger partial charge in [-0.2, -0.15) is 0 Å². The molecule has 0 saturated heterocycles. The summed E-state index contributed by atoms with van der Waals surface area (Å²) in [5.74, 6) is 0.0888. The molecule has 126 valence electrons. The van der Waals surface area contributed by atoms with Crippen molar-refractivity contribution in [3.05, 3.63) is 24.3 Å². The first-order valence-corrected chi connectivity index (χ1v) is 8.01. The molecule has 0 aliphatic rings. The SMILES string of the molecule is CC(C)CC(=O)NC(=S)Nc1cccc(NC(=O)C(C)(C)C)c1. The highest BCUT2D eigenvalue weighted by atomic mass is 32.1. The van der Waals surface area contributed by atoms with Crippen LogP contribution >= 0.6 is 12.2 Å². The second kappa shape index (κ2) is 8.06. The number of hydrogen-bond donors (Lipinski definition) is 3. The molecule has 0 atom stereocenters. The fourth-order valence-corrected chi connectivity index (χ4v) is 1.94. The van der Waals surface area contributed by atoms with Gasteiger partial charge in [0.1, 0.15) is 0 Å². The number of benzene rings is 1. The van der Waals surface area contributed by atoms with Crippen LogP contribution in [-0.4, -0.2) is 16.9 Å². The predicted molar refractivity (Wildman–Crippen MR) is 98.3 cm³/mol. The molecule has 0 aliphatic carbocycles. The van der Waals surface area contributed by atoms with Crippen molar-refractivity contribution in [2.45, 2.75) is 41.0 Å². The minimum Gasteiger partial charge on any atom is -0.332 e. The summed E-state index contributed by atoms with van der Waals surface area (Å²) in [4.78, 5) is 23.7. The van der Waals surface area contributed by atoms with Gasteiger partial charge >= 0.3 is 0 Å². The second-order valence-corrected chi connectivity index (χ2v) is 7.29. The Labute approximate surface area is 143 Å². The minimum absolute atomic E-state index is 0.0672. The maximum absolute atomic E-state index is 12.0. The van der Waals surface area contributed by atoms with Gasteiger partial charge in [0.05, 0.1) is 0 Å². The van der Waals surface area contributed by atoms with Crippen LogP contribution < -0.4 is 16.0 Å². The first kappa shape index (κ1) is 19.1. The van der Waals surface area contributed by atoms with Crippen molar-refractivity contribution in [3.8, 4) is 0 Å². The van der Waals surface area contributed by atoms with Crippen LogP contribution in [0.2, 0.25) is 0 Å². The van der Waals surface area contributed by atoms with Crippen molar-refractivity contribution >= 4 is 40.5 Å². The van der Waals surface area contributed by atoms with Crippen LogP contribution in [0.25, 0.3) is 0 Å². The molecular weight excluding hydrogens is 310 g/mol. The number of carbonyl (C=O) groups excluding carboxylic acids is 2. The molecule has 0 radical (unpaired) electrons. The van der Waals surface area contributed by atoms with E-state index in [1.807, 2.05) is 40.7 Å². The largest absolute Gasteiger partial charge is 0.332 e. The number of hydrogen-bond acceptors (Lipinski definition) is 3. The maximum Gasteiger partial charge on any atom is 0.229 e. The molecule has 1 aromatic rings. The summed E-state index contributed by atoms with van der Waals surface area (Å²) in [5, 5.41) is 8.68. The maximum atomic E-state index is 12.0. The van der Waals surface area contributed by atoms with Gasteiger partial charge in [0, 0.05) is 23.2 Å². The Morgan fingerprint density at radius 2 is 1.70 bits per heavy atom. The van der Waals surface area contributed by atoms with Crippen molar-refractivity contribution in [3.63, 3.8) is 0 Å². The van der Waals surface area contributed by atoms with Crippen molar-refractivity contribution in [1.82, 2.24) is 5.32 Å². The van der Waals surface area contributed by atoms with Crippen LogP contribution in [0.3, 0.4) is 0 Å². The van der Waals surface area contributed by atoms with Gasteiger partial charge in [0.2, 0.25) is 11.8 Å². The van der Waals surface area contributed by atoms with E-state index in [4.69, 9.17) is 12.2 Å². The van der Waals surface area contributed by atoms with E-state index in [0.717, 1.165) is 0 Å². The van der Waals surface area contributed by atoms with Crippen molar-refractivity contribution in [2.24, 2.45) is 11.3 Å². The smallest absolute Gasteiger partial charge is 0.229 e. The highest BCUT2D eigenvalue weighted by molar-refractivity contribution is 7.80. The number of carbonyl (C=O) groups is 2. The predicted octanol–water partition coefficient (Wildman–Crippen LogP) is 3.53. The summed E-state index contributed by atoms with van der Waals surface area (Å²) in [6.45, 7) is 9.49.